The molecular formula is C20H26N2O4S. The van der Waals surface area contributed by atoms with Crippen LogP contribution in [0, 0.1) is 5.92 Å². The molecule has 27 heavy (non-hydrogen) atoms. The average molecular weight is 391 g/mol. The highest BCUT2D eigenvalue weighted by molar-refractivity contribution is 7.92. The first kappa shape index (κ1) is 20.9. The molecule has 0 aliphatic rings. The zero-order valence-corrected chi connectivity index (χ0v) is 16.7. The molecule has 0 saturated heterocycles. The molecule has 6 nitrogen and oxygen atoms in total. The monoisotopic (exact) mass is 390 g/mol. The van der Waals surface area contributed by atoms with Crippen LogP contribution in [0.2, 0.25) is 0 Å². The van der Waals surface area contributed by atoms with Gasteiger partial charge in [-0.1, -0.05) is 32.0 Å². The predicted molar refractivity (Wildman–Crippen MR) is 105 cm³/mol. The third-order valence-electron chi connectivity index (χ3n) is 3.82. The molecule has 0 aliphatic carbocycles. The summed E-state index contributed by atoms with van der Waals surface area (Å²) in [6.07, 6.45) is 3.46. The van der Waals surface area contributed by atoms with Crippen LogP contribution in [0.5, 0.6) is 5.75 Å². The van der Waals surface area contributed by atoms with Crippen LogP contribution in [0.4, 0.5) is 0 Å². The van der Waals surface area contributed by atoms with Crippen molar-refractivity contribution >= 4 is 15.7 Å². The van der Waals surface area contributed by atoms with Gasteiger partial charge in [-0.05, 0) is 36.6 Å². The fourth-order valence-electron chi connectivity index (χ4n) is 2.64. The summed E-state index contributed by atoms with van der Waals surface area (Å²) in [5.41, 5.74) is 1.85. The molecule has 1 atom stereocenters. The highest BCUT2D eigenvalue weighted by Crippen LogP contribution is 2.18. The van der Waals surface area contributed by atoms with E-state index in [0.29, 0.717) is 12.4 Å². The predicted octanol–water partition coefficient (Wildman–Crippen LogP) is 2.91. The number of ether oxygens (including phenoxy) is 1. The molecule has 1 aromatic carbocycles. The van der Waals surface area contributed by atoms with Gasteiger partial charge in [0.25, 0.3) is 0 Å². The standard InChI is InChI=1S/C20H26N2O4S/c1-15(2)13-27(24,25)14-20(23)22-16(3)18-6-8-19(9-7-18)26-12-17-5-4-10-21-11-17/h4-11,15-16H,12-14H2,1-3H3,(H,22,23). The Balaban J connectivity index is 1.87. The summed E-state index contributed by atoms with van der Waals surface area (Å²) < 4.78 is 29.5. The van der Waals surface area contributed by atoms with Crippen molar-refractivity contribution in [3.8, 4) is 5.75 Å². The molecule has 2 aromatic rings. The number of hydrogen-bond acceptors (Lipinski definition) is 5. The number of benzene rings is 1. The molecule has 0 fully saturated rings. The largest absolute Gasteiger partial charge is 0.489 e. The van der Waals surface area contributed by atoms with Crippen molar-refractivity contribution in [1.82, 2.24) is 10.3 Å². The van der Waals surface area contributed by atoms with E-state index in [2.05, 4.69) is 10.3 Å². The minimum atomic E-state index is -3.39. The minimum Gasteiger partial charge on any atom is -0.489 e. The number of carbonyl (C=O) groups is 1. The second kappa shape index (κ2) is 9.50. The number of sulfone groups is 1. The first-order valence-corrected chi connectivity index (χ1v) is 10.7. The topological polar surface area (TPSA) is 85.4 Å². The first-order valence-electron chi connectivity index (χ1n) is 8.86. The van der Waals surface area contributed by atoms with Gasteiger partial charge in [0.15, 0.2) is 9.84 Å². The van der Waals surface area contributed by atoms with Crippen LogP contribution in [-0.4, -0.2) is 30.8 Å². The number of hydrogen-bond donors (Lipinski definition) is 1. The molecule has 0 radical (unpaired) electrons. The molecule has 1 heterocycles. The Labute approximate surface area is 160 Å². The summed E-state index contributed by atoms with van der Waals surface area (Å²) in [4.78, 5) is 16.1. The molecule has 2 rings (SSSR count). The van der Waals surface area contributed by atoms with E-state index < -0.39 is 21.5 Å². The number of carbonyl (C=O) groups excluding carboxylic acids is 1. The summed E-state index contributed by atoms with van der Waals surface area (Å²) in [6.45, 7) is 5.87. The van der Waals surface area contributed by atoms with E-state index in [9.17, 15) is 13.2 Å². The second-order valence-electron chi connectivity index (χ2n) is 6.96. The number of amides is 1. The van der Waals surface area contributed by atoms with Gasteiger partial charge in [-0.15, -0.1) is 0 Å². The van der Waals surface area contributed by atoms with Crippen molar-refractivity contribution in [3.63, 3.8) is 0 Å². The molecule has 1 aromatic heterocycles. The Kier molecular flexibility index (Phi) is 7.36. The lowest BCUT2D eigenvalue weighted by atomic mass is 10.1. The van der Waals surface area contributed by atoms with Crippen LogP contribution in [0.15, 0.2) is 48.8 Å². The van der Waals surface area contributed by atoms with Crippen LogP contribution in [0.25, 0.3) is 0 Å². The smallest absolute Gasteiger partial charge is 0.235 e. The van der Waals surface area contributed by atoms with Crippen LogP contribution in [0.1, 0.15) is 37.9 Å². The Bertz CT molecular complexity index is 834. The Morgan fingerprint density at radius 2 is 1.85 bits per heavy atom. The number of nitrogens with one attached hydrogen (secondary N) is 1. The molecule has 7 heteroatoms. The minimum absolute atomic E-state index is 0.000523. The van der Waals surface area contributed by atoms with Crippen LogP contribution in [0.3, 0.4) is 0 Å². The number of pyridine rings is 1. The van der Waals surface area contributed by atoms with Gasteiger partial charge in [0.2, 0.25) is 5.91 Å². The highest BCUT2D eigenvalue weighted by Gasteiger charge is 2.19. The highest BCUT2D eigenvalue weighted by atomic mass is 32.2. The van der Waals surface area contributed by atoms with Gasteiger partial charge in [-0.3, -0.25) is 9.78 Å². The molecule has 0 bridgehead atoms. The molecule has 1 amide bonds. The first-order chi connectivity index (χ1) is 12.7. The summed E-state index contributed by atoms with van der Waals surface area (Å²) >= 11 is 0. The van der Waals surface area contributed by atoms with Crippen molar-refractivity contribution in [2.45, 2.75) is 33.4 Å². The summed E-state index contributed by atoms with van der Waals surface area (Å²) in [7, 11) is -3.39. The van der Waals surface area contributed by atoms with E-state index in [0.717, 1.165) is 11.1 Å². The summed E-state index contributed by atoms with van der Waals surface area (Å²) in [6, 6.07) is 10.9. The molecule has 0 aliphatic heterocycles. The zero-order valence-electron chi connectivity index (χ0n) is 15.9. The van der Waals surface area contributed by atoms with Gasteiger partial charge in [0.1, 0.15) is 18.1 Å². The van der Waals surface area contributed by atoms with Crippen LogP contribution in [-0.2, 0) is 21.2 Å². The van der Waals surface area contributed by atoms with Crippen molar-refractivity contribution in [2.75, 3.05) is 11.5 Å². The van der Waals surface area contributed by atoms with Gasteiger partial charge < -0.3 is 10.1 Å². The molecule has 1 unspecified atom stereocenters. The van der Waals surface area contributed by atoms with Crippen LogP contribution >= 0.6 is 0 Å². The maximum atomic E-state index is 12.0. The maximum absolute atomic E-state index is 12.0. The quantitative estimate of drug-likeness (QED) is 0.712. The normalized spacial score (nSPS) is 12.6. The van der Waals surface area contributed by atoms with Crippen molar-refractivity contribution in [2.24, 2.45) is 5.92 Å². The number of nitrogens with zero attached hydrogens (tertiary/aromatic N) is 1. The van der Waals surface area contributed by atoms with E-state index in [1.54, 1.807) is 12.4 Å². The van der Waals surface area contributed by atoms with Crippen LogP contribution < -0.4 is 10.1 Å². The van der Waals surface area contributed by atoms with Gasteiger partial charge >= 0.3 is 0 Å². The third kappa shape index (κ3) is 7.38. The fraction of sp³-hybridized carbons (Fsp3) is 0.400. The van der Waals surface area contributed by atoms with Gasteiger partial charge in [0.05, 0.1) is 11.8 Å². The Morgan fingerprint density at radius 1 is 1.15 bits per heavy atom. The number of rotatable bonds is 9. The van der Waals surface area contributed by atoms with E-state index in [-0.39, 0.29) is 17.7 Å². The lowest BCUT2D eigenvalue weighted by Gasteiger charge is -2.15. The summed E-state index contributed by atoms with van der Waals surface area (Å²) in [5, 5.41) is 2.74. The maximum Gasteiger partial charge on any atom is 0.235 e. The second-order valence-corrected chi connectivity index (χ2v) is 9.07. The van der Waals surface area contributed by atoms with E-state index in [1.807, 2.05) is 57.2 Å². The SMILES string of the molecule is CC(C)CS(=O)(=O)CC(=O)NC(C)c1ccc(OCc2cccnc2)cc1. The van der Waals surface area contributed by atoms with Gasteiger partial charge in [-0.25, -0.2) is 8.42 Å². The summed E-state index contributed by atoms with van der Waals surface area (Å²) in [5.74, 6) is -0.250. The fourth-order valence-corrected chi connectivity index (χ4v) is 4.25. The Hall–Kier alpha value is -2.41. The molecule has 0 spiro atoms. The van der Waals surface area contributed by atoms with Crippen molar-refractivity contribution in [3.05, 3.63) is 59.9 Å². The average Bonchev–Trinajstić information content (AvgIpc) is 2.59. The molecule has 0 saturated carbocycles. The van der Waals surface area contributed by atoms with Crippen molar-refractivity contribution < 1.29 is 17.9 Å². The Morgan fingerprint density at radius 3 is 2.44 bits per heavy atom. The molecular weight excluding hydrogens is 364 g/mol. The number of aromatic nitrogens is 1. The molecule has 146 valence electrons. The lowest BCUT2D eigenvalue weighted by molar-refractivity contribution is -0.119. The third-order valence-corrected chi connectivity index (χ3v) is 5.70. The lowest BCUT2D eigenvalue weighted by Crippen LogP contribution is -2.33. The van der Waals surface area contributed by atoms with Crippen molar-refractivity contribution in [1.29, 1.82) is 0 Å². The zero-order chi connectivity index (χ0) is 19.9. The van der Waals surface area contributed by atoms with E-state index >= 15 is 0 Å². The van der Waals surface area contributed by atoms with E-state index in [4.69, 9.17) is 4.74 Å². The van der Waals surface area contributed by atoms with Gasteiger partial charge in [0, 0.05) is 18.0 Å². The van der Waals surface area contributed by atoms with E-state index in [1.165, 1.54) is 0 Å². The molecule has 1 N–H and O–H groups in total. The van der Waals surface area contributed by atoms with Gasteiger partial charge in [-0.2, -0.15) is 0 Å².